The molecule has 110 valence electrons. The largest absolute Gasteiger partial charge is 0.494 e. The Bertz CT molecular complexity index is 524. The monoisotopic (exact) mass is 298 g/mol. The fourth-order valence-electron chi connectivity index (χ4n) is 1.39. The highest BCUT2D eigenvalue weighted by molar-refractivity contribution is 6.30. The number of carbonyl (C=O) groups is 1. The average Bonchev–Trinajstić information content (AvgIpc) is 2.28. The number of ether oxygens (including phenoxy) is 1. The zero-order chi connectivity index (χ0) is 15.3. The third-order valence-electron chi connectivity index (χ3n) is 2.11. The van der Waals surface area contributed by atoms with Gasteiger partial charge in [-0.2, -0.15) is 0 Å². The minimum absolute atomic E-state index is 0.0348. The SMILES string of the molecule is COc1cc(Cl)ccc1N=C(N)NC(=O)NC(C)(C)C. The fourth-order valence-corrected chi connectivity index (χ4v) is 1.55. The number of nitrogens with one attached hydrogen (secondary N) is 2. The number of halogens is 1. The second kappa shape index (κ2) is 6.47. The van der Waals surface area contributed by atoms with Gasteiger partial charge in [-0.3, -0.25) is 5.32 Å². The number of amides is 2. The lowest BCUT2D eigenvalue weighted by Crippen LogP contribution is -2.50. The van der Waals surface area contributed by atoms with Crippen molar-refractivity contribution >= 4 is 29.3 Å². The van der Waals surface area contributed by atoms with E-state index in [2.05, 4.69) is 15.6 Å². The molecule has 0 aromatic heterocycles. The molecule has 0 spiro atoms. The van der Waals surface area contributed by atoms with E-state index in [1.807, 2.05) is 20.8 Å². The molecule has 0 radical (unpaired) electrons. The molecule has 0 heterocycles. The van der Waals surface area contributed by atoms with Crippen molar-refractivity contribution in [2.24, 2.45) is 10.7 Å². The number of guanidine groups is 1. The summed E-state index contributed by atoms with van der Waals surface area (Å²) in [5, 5.41) is 5.68. The molecule has 1 aromatic carbocycles. The summed E-state index contributed by atoms with van der Waals surface area (Å²) in [4.78, 5) is 15.7. The zero-order valence-corrected chi connectivity index (χ0v) is 12.7. The van der Waals surface area contributed by atoms with Crippen LogP contribution in [-0.4, -0.2) is 24.6 Å². The molecule has 0 saturated carbocycles. The Hall–Kier alpha value is -1.95. The van der Waals surface area contributed by atoms with Crippen LogP contribution in [0.3, 0.4) is 0 Å². The maximum absolute atomic E-state index is 11.6. The molecule has 1 rings (SSSR count). The first-order valence-electron chi connectivity index (χ1n) is 5.98. The van der Waals surface area contributed by atoms with E-state index in [0.29, 0.717) is 16.5 Å². The highest BCUT2D eigenvalue weighted by Crippen LogP contribution is 2.29. The molecule has 0 atom stereocenters. The lowest BCUT2D eigenvalue weighted by molar-refractivity contribution is 0.236. The first-order valence-corrected chi connectivity index (χ1v) is 6.36. The first kappa shape index (κ1) is 16.1. The van der Waals surface area contributed by atoms with E-state index in [9.17, 15) is 4.79 Å². The number of carbonyl (C=O) groups excluding carboxylic acids is 1. The molecule has 2 amide bonds. The van der Waals surface area contributed by atoms with Gasteiger partial charge in [0, 0.05) is 16.6 Å². The lowest BCUT2D eigenvalue weighted by Gasteiger charge is -2.20. The van der Waals surface area contributed by atoms with Gasteiger partial charge < -0.3 is 15.8 Å². The molecule has 0 fully saturated rings. The molecule has 4 N–H and O–H groups in total. The summed E-state index contributed by atoms with van der Waals surface area (Å²) in [6.07, 6.45) is 0. The van der Waals surface area contributed by atoms with Crippen LogP contribution < -0.4 is 21.1 Å². The zero-order valence-electron chi connectivity index (χ0n) is 12.0. The molecule has 0 bridgehead atoms. The van der Waals surface area contributed by atoms with E-state index in [1.54, 1.807) is 18.2 Å². The minimum Gasteiger partial charge on any atom is -0.494 e. The normalized spacial score (nSPS) is 11.9. The van der Waals surface area contributed by atoms with Crippen LogP contribution in [0, 0.1) is 0 Å². The smallest absolute Gasteiger partial charge is 0.321 e. The molecule has 20 heavy (non-hydrogen) atoms. The Morgan fingerprint density at radius 1 is 1.40 bits per heavy atom. The number of methoxy groups -OCH3 is 1. The van der Waals surface area contributed by atoms with E-state index >= 15 is 0 Å². The lowest BCUT2D eigenvalue weighted by atomic mass is 10.1. The van der Waals surface area contributed by atoms with Gasteiger partial charge in [-0.25, -0.2) is 9.79 Å². The number of nitrogens with zero attached hydrogens (tertiary/aromatic N) is 1. The molecule has 0 aliphatic rings. The van der Waals surface area contributed by atoms with Crippen molar-refractivity contribution in [3.8, 4) is 5.75 Å². The van der Waals surface area contributed by atoms with Crippen molar-refractivity contribution in [1.29, 1.82) is 0 Å². The van der Waals surface area contributed by atoms with E-state index in [-0.39, 0.29) is 11.5 Å². The molecule has 0 aliphatic heterocycles. The Labute approximate surface area is 123 Å². The predicted molar refractivity (Wildman–Crippen MR) is 80.7 cm³/mol. The number of aliphatic imine (C=N–C) groups is 1. The van der Waals surface area contributed by atoms with E-state index in [4.69, 9.17) is 22.1 Å². The van der Waals surface area contributed by atoms with E-state index in [1.165, 1.54) is 7.11 Å². The summed E-state index contributed by atoms with van der Waals surface area (Å²) in [5.74, 6) is 0.436. The summed E-state index contributed by atoms with van der Waals surface area (Å²) in [6, 6.07) is 4.50. The van der Waals surface area contributed by atoms with Gasteiger partial charge in [0.05, 0.1) is 7.11 Å². The third kappa shape index (κ3) is 5.36. The number of hydrogen-bond acceptors (Lipinski definition) is 3. The summed E-state index contributed by atoms with van der Waals surface area (Å²) in [6.45, 7) is 5.59. The predicted octanol–water partition coefficient (Wildman–Crippen LogP) is 2.39. The number of benzene rings is 1. The number of hydrogen-bond donors (Lipinski definition) is 3. The van der Waals surface area contributed by atoms with E-state index < -0.39 is 6.03 Å². The summed E-state index contributed by atoms with van der Waals surface area (Å²) >= 11 is 5.85. The molecule has 0 aliphatic carbocycles. The van der Waals surface area contributed by atoms with Gasteiger partial charge in [-0.15, -0.1) is 0 Å². The van der Waals surface area contributed by atoms with Crippen molar-refractivity contribution in [3.05, 3.63) is 23.2 Å². The first-order chi connectivity index (χ1) is 9.21. The number of rotatable bonds is 2. The van der Waals surface area contributed by atoms with Crippen LogP contribution in [0.1, 0.15) is 20.8 Å². The van der Waals surface area contributed by atoms with Gasteiger partial charge in [0.2, 0.25) is 5.96 Å². The van der Waals surface area contributed by atoms with Crippen molar-refractivity contribution in [2.45, 2.75) is 26.3 Å². The molecular weight excluding hydrogens is 280 g/mol. The molecule has 0 unspecified atom stereocenters. The van der Waals surface area contributed by atoms with Gasteiger partial charge in [0.15, 0.2) is 0 Å². The molecule has 1 aromatic rings. The average molecular weight is 299 g/mol. The maximum atomic E-state index is 11.6. The number of urea groups is 1. The van der Waals surface area contributed by atoms with Crippen LogP contribution in [0.5, 0.6) is 5.75 Å². The van der Waals surface area contributed by atoms with E-state index in [0.717, 1.165) is 0 Å². The molecule has 6 nitrogen and oxygen atoms in total. The number of nitrogens with two attached hydrogens (primary N) is 1. The van der Waals surface area contributed by atoms with Crippen molar-refractivity contribution in [1.82, 2.24) is 10.6 Å². The van der Waals surface area contributed by atoms with Crippen LogP contribution in [0.15, 0.2) is 23.2 Å². The highest BCUT2D eigenvalue weighted by Gasteiger charge is 2.14. The summed E-state index contributed by atoms with van der Waals surface area (Å²) < 4.78 is 5.14. The van der Waals surface area contributed by atoms with Crippen LogP contribution in [0.2, 0.25) is 5.02 Å². The third-order valence-corrected chi connectivity index (χ3v) is 2.35. The van der Waals surface area contributed by atoms with Crippen molar-refractivity contribution in [3.63, 3.8) is 0 Å². The van der Waals surface area contributed by atoms with Crippen LogP contribution >= 0.6 is 11.6 Å². The molecular formula is C13H19ClN4O2. The topological polar surface area (TPSA) is 88.7 Å². The van der Waals surface area contributed by atoms with Crippen molar-refractivity contribution in [2.75, 3.05) is 7.11 Å². The maximum Gasteiger partial charge on any atom is 0.321 e. The Morgan fingerprint density at radius 3 is 2.60 bits per heavy atom. The van der Waals surface area contributed by atoms with Gasteiger partial charge >= 0.3 is 6.03 Å². The van der Waals surface area contributed by atoms with Crippen LogP contribution in [0.25, 0.3) is 0 Å². The van der Waals surface area contributed by atoms with Gasteiger partial charge in [0.1, 0.15) is 11.4 Å². The van der Waals surface area contributed by atoms with Gasteiger partial charge in [-0.05, 0) is 32.9 Å². The standard InChI is InChI=1S/C13H19ClN4O2/c1-13(2,3)18-12(19)17-11(15)16-9-6-5-8(14)7-10(9)20-4/h5-7H,1-4H3,(H4,15,16,17,18,19). The molecule has 7 heteroatoms. The van der Waals surface area contributed by atoms with Crippen LogP contribution in [-0.2, 0) is 0 Å². The Morgan fingerprint density at radius 2 is 2.05 bits per heavy atom. The molecule has 0 saturated heterocycles. The summed E-state index contributed by atoms with van der Waals surface area (Å²) in [7, 11) is 1.50. The van der Waals surface area contributed by atoms with Crippen LogP contribution in [0.4, 0.5) is 10.5 Å². The minimum atomic E-state index is -0.424. The Balaban J connectivity index is 2.81. The van der Waals surface area contributed by atoms with Crippen molar-refractivity contribution < 1.29 is 9.53 Å². The summed E-state index contributed by atoms with van der Waals surface area (Å²) in [5.41, 5.74) is 5.80. The van der Waals surface area contributed by atoms with Gasteiger partial charge in [0.25, 0.3) is 0 Å². The fraction of sp³-hybridized carbons (Fsp3) is 0.385. The second-order valence-corrected chi connectivity index (χ2v) is 5.58. The highest BCUT2D eigenvalue weighted by atomic mass is 35.5. The van der Waals surface area contributed by atoms with Gasteiger partial charge in [-0.1, -0.05) is 11.6 Å². The quantitative estimate of drug-likeness (QED) is 0.578. The second-order valence-electron chi connectivity index (χ2n) is 5.14. The Kier molecular flexibility index (Phi) is 5.21.